The highest BCUT2D eigenvalue weighted by atomic mass is 35.5. The van der Waals surface area contributed by atoms with Gasteiger partial charge in [0.05, 0.1) is 22.8 Å². The van der Waals surface area contributed by atoms with Gasteiger partial charge >= 0.3 is 6.09 Å². The quantitative estimate of drug-likeness (QED) is 0.524. The maximum atomic E-state index is 13.6. The topological polar surface area (TPSA) is 75.9 Å². The van der Waals surface area contributed by atoms with Crippen molar-refractivity contribution in [2.45, 2.75) is 45.3 Å². The van der Waals surface area contributed by atoms with Crippen LogP contribution in [0.5, 0.6) is 0 Å². The van der Waals surface area contributed by atoms with E-state index in [0.717, 1.165) is 5.56 Å². The van der Waals surface area contributed by atoms with Gasteiger partial charge in [-0.2, -0.15) is 0 Å². The summed E-state index contributed by atoms with van der Waals surface area (Å²) in [7, 11) is 0. The number of anilines is 2. The number of rotatable bonds is 2. The molecule has 0 bridgehead atoms. The number of hydrogen-bond donors (Lipinski definition) is 1. The van der Waals surface area contributed by atoms with Gasteiger partial charge in [0.2, 0.25) is 5.91 Å². The number of amides is 2. The fraction of sp³-hybridized carbons (Fsp3) is 0.417. The first-order valence-corrected chi connectivity index (χ1v) is 10.9. The molecule has 164 valence electrons. The minimum absolute atomic E-state index is 0.0502. The highest BCUT2D eigenvalue weighted by molar-refractivity contribution is 6.30. The summed E-state index contributed by atoms with van der Waals surface area (Å²) in [5.41, 5.74) is 7.38. The summed E-state index contributed by atoms with van der Waals surface area (Å²) >= 11 is 6.11. The number of nitrogen functional groups attached to an aromatic ring is 1. The lowest BCUT2D eigenvalue weighted by Crippen LogP contribution is -2.67. The van der Waals surface area contributed by atoms with Gasteiger partial charge in [-0.25, -0.2) is 4.79 Å². The van der Waals surface area contributed by atoms with Crippen LogP contribution in [0.1, 0.15) is 45.2 Å². The standard InChI is InChI=1S/C24H28ClN3O3/c1-23(2,3)31-22(30)27-14-12-24(13-15-27)20(16-8-10-17(25)11-9-16)28(21(24)29)19-7-5-4-6-18(19)26/h4-11,20H,12-15,26H2,1-3H3. The number of carbonyl (C=O) groups excluding carboxylic acids is 2. The Morgan fingerprint density at radius 3 is 2.29 bits per heavy atom. The molecule has 0 aromatic heterocycles. The Labute approximate surface area is 187 Å². The van der Waals surface area contributed by atoms with Crippen LogP contribution in [-0.4, -0.2) is 35.6 Å². The van der Waals surface area contributed by atoms with Gasteiger partial charge in [-0.3, -0.25) is 4.79 Å². The van der Waals surface area contributed by atoms with Crippen molar-refractivity contribution in [2.75, 3.05) is 23.7 Å². The summed E-state index contributed by atoms with van der Waals surface area (Å²) in [6.45, 7) is 6.51. The highest BCUT2D eigenvalue weighted by Crippen LogP contribution is 2.58. The number of ether oxygens (including phenoxy) is 1. The van der Waals surface area contributed by atoms with E-state index in [4.69, 9.17) is 22.1 Å². The Bertz CT molecular complexity index is 992. The van der Waals surface area contributed by atoms with E-state index in [1.807, 2.05) is 63.2 Å². The van der Waals surface area contributed by atoms with Crippen molar-refractivity contribution >= 4 is 35.0 Å². The molecule has 2 aliphatic heterocycles. The Morgan fingerprint density at radius 2 is 1.71 bits per heavy atom. The number of halogens is 1. The van der Waals surface area contributed by atoms with Crippen LogP contribution in [-0.2, 0) is 9.53 Å². The molecule has 1 unspecified atom stereocenters. The SMILES string of the molecule is CC(C)(C)OC(=O)N1CCC2(CC1)C(=O)N(c1ccccc1N)C2c1ccc(Cl)cc1. The van der Waals surface area contributed by atoms with Gasteiger partial charge in [-0.05, 0) is 63.4 Å². The van der Waals surface area contributed by atoms with E-state index in [0.29, 0.717) is 42.3 Å². The predicted molar refractivity (Wildman–Crippen MR) is 122 cm³/mol. The molecule has 0 saturated carbocycles. The van der Waals surface area contributed by atoms with Crippen LogP contribution in [0.15, 0.2) is 48.5 Å². The molecule has 6 nitrogen and oxygen atoms in total. The second kappa shape index (κ2) is 7.75. The molecule has 0 aliphatic carbocycles. The lowest BCUT2D eigenvalue weighted by atomic mass is 9.62. The van der Waals surface area contributed by atoms with Crippen LogP contribution in [0.4, 0.5) is 16.2 Å². The number of likely N-dealkylation sites (tertiary alicyclic amines) is 1. The predicted octanol–water partition coefficient (Wildman–Crippen LogP) is 5.03. The van der Waals surface area contributed by atoms with Crippen LogP contribution in [0.2, 0.25) is 5.02 Å². The van der Waals surface area contributed by atoms with Gasteiger partial charge in [0, 0.05) is 18.1 Å². The monoisotopic (exact) mass is 441 g/mol. The Morgan fingerprint density at radius 1 is 1.10 bits per heavy atom. The van der Waals surface area contributed by atoms with Crippen LogP contribution in [0.3, 0.4) is 0 Å². The molecule has 0 radical (unpaired) electrons. The van der Waals surface area contributed by atoms with Crippen molar-refractivity contribution in [3.05, 3.63) is 59.1 Å². The van der Waals surface area contributed by atoms with Crippen molar-refractivity contribution in [3.63, 3.8) is 0 Å². The van der Waals surface area contributed by atoms with Gasteiger partial charge in [0.25, 0.3) is 0 Å². The van der Waals surface area contributed by atoms with Gasteiger partial charge < -0.3 is 20.3 Å². The number of para-hydroxylation sites is 2. The number of piperidine rings is 1. The molecule has 2 N–H and O–H groups in total. The number of β-lactam (4-membered cyclic amide) rings is 1. The van der Waals surface area contributed by atoms with Crippen LogP contribution >= 0.6 is 11.6 Å². The number of benzene rings is 2. The largest absolute Gasteiger partial charge is 0.444 e. The number of nitrogens with two attached hydrogens (primary N) is 1. The molecular weight excluding hydrogens is 414 g/mol. The summed E-state index contributed by atoms with van der Waals surface area (Å²) in [5.74, 6) is 0.0502. The third-order valence-corrected chi connectivity index (χ3v) is 6.37. The van der Waals surface area contributed by atoms with E-state index in [-0.39, 0.29) is 18.0 Å². The fourth-order valence-electron chi connectivity index (χ4n) is 4.63. The van der Waals surface area contributed by atoms with Gasteiger partial charge in [0.1, 0.15) is 5.60 Å². The first kappa shape index (κ1) is 21.5. The van der Waals surface area contributed by atoms with Gasteiger partial charge in [0.15, 0.2) is 0 Å². The van der Waals surface area contributed by atoms with E-state index in [1.165, 1.54) is 0 Å². The smallest absolute Gasteiger partial charge is 0.410 e. The second-order valence-corrected chi connectivity index (χ2v) is 9.75. The average Bonchev–Trinajstić information content (AvgIpc) is 2.72. The third kappa shape index (κ3) is 3.85. The number of nitrogens with zero attached hydrogens (tertiary/aromatic N) is 2. The molecule has 1 spiro atoms. The van der Waals surface area contributed by atoms with Crippen molar-refractivity contribution in [2.24, 2.45) is 5.41 Å². The normalized spacial score (nSPS) is 20.5. The highest BCUT2D eigenvalue weighted by Gasteiger charge is 2.62. The summed E-state index contributed by atoms with van der Waals surface area (Å²) in [4.78, 5) is 29.6. The zero-order valence-electron chi connectivity index (χ0n) is 18.1. The van der Waals surface area contributed by atoms with Crippen molar-refractivity contribution in [1.82, 2.24) is 4.90 Å². The average molecular weight is 442 g/mol. The Balaban J connectivity index is 1.63. The third-order valence-electron chi connectivity index (χ3n) is 6.12. The van der Waals surface area contributed by atoms with Crippen LogP contribution < -0.4 is 10.6 Å². The van der Waals surface area contributed by atoms with E-state index in [9.17, 15) is 9.59 Å². The lowest BCUT2D eigenvalue weighted by molar-refractivity contribution is -0.144. The maximum absolute atomic E-state index is 13.6. The van der Waals surface area contributed by atoms with Crippen LogP contribution in [0.25, 0.3) is 0 Å². The molecule has 2 saturated heterocycles. The minimum Gasteiger partial charge on any atom is -0.444 e. The summed E-state index contributed by atoms with van der Waals surface area (Å²) in [6.07, 6.45) is 0.810. The van der Waals surface area contributed by atoms with Gasteiger partial charge in [-0.15, -0.1) is 0 Å². The maximum Gasteiger partial charge on any atom is 0.410 e. The molecular formula is C24H28ClN3O3. The first-order valence-electron chi connectivity index (χ1n) is 10.5. The molecule has 31 heavy (non-hydrogen) atoms. The van der Waals surface area contributed by atoms with Crippen LogP contribution in [0, 0.1) is 5.41 Å². The molecule has 1 atom stereocenters. The first-order chi connectivity index (χ1) is 14.6. The molecule has 2 heterocycles. The molecule has 2 fully saturated rings. The number of hydrogen-bond acceptors (Lipinski definition) is 4. The van der Waals surface area contributed by atoms with E-state index in [1.54, 1.807) is 15.9 Å². The zero-order chi connectivity index (χ0) is 22.4. The molecule has 4 rings (SSSR count). The molecule has 2 aromatic rings. The van der Waals surface area contributed by atoms with Crippen molar-refractivity contribution in [3.8, 4) is 0 Å². The molecule has 7 heteroatoms. The Hall–Kier alpha value is -2.73. The second-order valence-electron chi connectivity index (χ2n) is 9.31. The summed E-state index contributed by atoms with van der Waals surface area (Å²) < 4.78 is 5.52. The lowest BCUT2D eigenvalue weighted by Gasteiger charge is -2.59. The molecule has 2 amide bonds. The molecule has 2 aromatic carbocycles. The molecule has 2 aliphatic rings. The van der Waals surface area contributed by atoms with Gasteiger partial charge in [-0.1, -0.05) is 35.9 Å². The van der Waals surface area contributed by atoms with E-state index in [2.05, 4.69) is 0 Å². The van der Waals surface area contributed by atoms with Crippen molar-refractivity contribution in [1.29, 1.82) is 0 Å². The summed E-state index contributed by atoms with van der Waals surface area (Å²) in [5, 5.41) is 0.647. The zero-order valence-corrected chi connectivity index (χ0v) is 18.9. The van der Waals surface area contributed by atoms with Crippen molar-refractivity contribution < 1.29 is 14.3 Å². The fourth-order valence-corrected chi connectivity index (χ4v) is 4.75. The van der Waals surface area contributed by atoms with E-state index >= 15 is 0 Å². The van der Waals surface area contributed by atoms with E-state index < -0.39 is 11.0 Å². The minimum atomic E-state index is -0.575. The number of carbonyl (C=O) groups is 2. The Kier molecular flexibility index (Phi) is 5.38. The summed E-state index contributed by atoms with van der Waals surface area (Å²) in [6, 6.07) is 14.9.